The number of amides is 2. The third-order valence-electron chi connectivity index (χ3n) is 4.61. The molecule has 3 aliphatic rings. The van der Waals surface area contributed by atoms with Gasteiger partial charge in [-0.15, -0.1) is 0 Å². The second kappa shape index (κ2) is 4.31. The quantitative estimate of drug-likeness (QED) is 0.727. The highest BCUT2D eigenvalue weighted by molar-refractivity contribution is 5.84. The Morgan fingerprint density at radius 3 is 2.41 bits per heavy atom. The standard InChI is InChI=1S/C13H20N2O2/c16-12(14-15-13(17)9-3-4-9)7-11-6-8-1-2-10(11)5-8/h8-11H,1-7H2,(H,14,16)(H,15,17)/t8-,10+,11+/m0/s1. The van der Waals surface area contributed by atoms with E-state index in [4.69, 9.17) is 0 Å². The monoisotopic (exact) mass is 236 g/mol. The van der Waals surface area contributed by atoms with Gasteiger partial charge in [0.1, 0.15) is 0 Å². The molecule has 4 nitrogen and oxygen atoms in total. The van der Waals surface area contributed by atoms with Gasteiger partial charge in [-0.1, -0.05) is 6.42 Å². The van der Waals surface area contributed by atoms with Gasteiger partial charge < -0.3 is 0 Å². The number of hydrazine groups is 1. The summed E-state index contributed by atoms with van der Waals surface area (Å²) in [4.78, 5) is 23.0. The third-order valence-corrected chi connectivity index (χ3v) is 4.61. The largest absolute Gasteiger partial charge is 0.273 e. The van der Waals surface area contributed by atoms with E-state index < -0.39 is 0 Å². The predicted octanol–water partition coefficient (Wildman–Crippen LogP) is 1.37. The maximum atomic E-state index is 11.7. The molecular weight excluding hydrogens is 216 g/mol. The van der Waals surface area contributed by atoms with Crippen LogP contribution < -0.4 is 10.9 Å². The second-order valence-corrected chi connectivity index (χ2v) is 5.95. The van der Waals surface area contributed by atoms with Gasteiger partial charge in [0.15, 0.2) is 0 Å². The Morgan fingerprint density at radius 2 is 1.82 bits per heavy atom. The fourth-order valence-corrected chi connectivity index (χ4v) is 3.49. The molecule has 2 amide bonds. The molecular formula is C13H20N2O2. The van der Waals surface area contributed by atoms with Crippen molar-refractivity contribution in [1.29, 1.82) is 0 Å². The molecule has 3 saturated carbocycles. The van der Waals surface area contributed by atoms with Crippen LogP contribution in [0.3, 0.4) is 0 Å². The Hall–Kier alpha value is -1.06. The van der Waals surface area contributed by atoms with Crippen LogP contribution in [0.25, 0.3) is 0 Å². The summed E-state index contributed by atoms with van der Waals surface area (Å²) in [5.74, 6) is 2.32. The summed E-state index contributed by atoms with van der Waals surface area (Å²) >= 11 is 0. The van der Waals surface area contributed by atoms with Gasteiger partial charge in [0.05, 0.1) is 0 Å². The average Bonchev–Trinajstić information content (AvgIpc) is 2.97. The van der Waals surface area contributed by atoms with Crippen molar-refractivity contribution in [3.8, 4) is 0 Å². The van der Waals surface area contributed by atoms with Crippen molar-refractivity contribution in [2.45, 2.75) is 44.9 Å². The molecule has 0 saturated heterocycles. The number of nitrogens with one attached hydrogen (secondary N) is 2. The van der Waals surface area contributed by atoms with E-state index in [1.165, 1.54) is 25.7 Å². The topological polar surface area (TPSA) is 58.2 Å². The lowest BCUT2D eigenvalue weighted by molar-refractivity contribution is -0.130. The number of rotatable bonds is 3. The van der Waals surface area contributed by atoms with Gasteiger partial charge in [0, 0.05) is 12.3 Å². The number of fused-ring (bicyclic) bond motifs is 2. The molecule has 2 bridgehead atoms. The lowest BCUT2D eigenvalue weighted by Crippen LogP contribution is -2.43. The van der Waals surface area contributed by atoms with Crippen LogP contribution in [0.15, 0.2) is 0 Å². The first kappa shape index (κ1) is 11.1. The summed E-state index contributed by atoms with van der Waals surface area (Å²) in [6, 6.07) is 0. The Bertz CT molecular complexity index is 338. The third kappa shape index (κ3) is 2.45. The number of hydrogen-bond donors (Lipinski definition) is 2. The highest BCUT2D eigenvalue weighted by atomic mass is 16.2. The van der Waals surface area contributed by atoms with Gasteiger partial charge in [0.25, 0.3) is 0 Å². The SMILES string of the molecule is O=C(C[C@H]1C[C@H]2CC[C@@H]1C2)NNC(=O)C1CC1. The van der Waals surface area contributed by atoms with Crippen molar-refractivity contribution in [2.75, 3.05) is 0 Å². The molecule has 0 spiro atoms. The normalized spacial score (nSPS) is 34.7. The molecule has 0 aliphatic heterocycles. The highest BCUT2D eigenvalue weighted by Gasteiger charge is 2.40. The van der Waals surface area contributed by atoms with Crippen LogP contribution in [0.4, 0.5) is 0 Å². The first-order chi connectivity index (χ1) is 8.22. The van der Waals surface area contributed by atoms with Gasteiger partial charge in [0.2, 0.25) is 11.8 Å². The molecule has 3 rings (SSSR count). The summed E-state index contributed by atoms with van der Waals surface area (Å²) < 4.78 is 0. The molecule has 3 aliphatic carbocycles. The Balaban J connectivity index is 1.39. The fourth-order valence-electron chi connectivity index (χ4n) is 3.49. The lowest BCUT2D eigenvalue weighted by Gasteiger charge is -2.20. The molecule has 3 fully saturated rings. The van der Waals surface area contributed by atoms with E-state index in [1.54, 1.807) is 0 Å². The van der Waals surface area contributed by atoms with E-state index in [0.29, 0.717) is 12.3 Å². The maximum Gasteiger partial charge on any atom is 0.241 e. The van der Waals surface area contributed by atoms with Crippen LogP contribution in [-0.2, 0) is 9.59 Å². The molecule has 94 valence electrons. The van der Waals surface area contributed by atoms with E-state index in [2.05, 4.69) is 10.9 Å². The number of hydrogen-bond acceptors (Lipinski definition) is 2. The summed E-state index contributed by atoms with van der Waals surface area (Å²) in [7, 11) is 0. The van der Waals surface area contributed by atoms with Crippen LogP contribution in [0.5, 0.6) is 0 Å². The van der Waals surface area contributed by atoms with Crippen molar-refractivity contribution in [2.24, 2.45) is 23.7 Å². The smallest absolute Gasteiger partial charge is 0.241 e. The molecule has 0 aromatic rings. The molecule has 0 radical (unpaired) electrons. The molecule has 0 unspecified atom stereocenters. The minimum Gasteiger partial charge on any atom is -0.273 e. The lowest BCUT2D eigenvalue weighted by atomic mass is 9.86. The predicted molar refractivity (Wildman–Crippen MR) is 62.6 cm³/mol. The van der Waals surface area contributed by atoms with Crippen molar-refractivity contribution >= 4 is 11.8 Å². The summed E-state index contributed by atoms with van der Waals surface area (Å²) in [6.07, 6.45) is 7.73. The molecule has 0 heterocycles. The van der Waals surface area contributed by atoms with Crippen LogP contribution in [-0.4, -0.2) is 11.8 Å². The molecule has 4 heteroatoms. The number of carbonyl (C=O) groups is 2. The van der Waals surface area contributed by atoms with Crippen molar-refractivity contribution in [1.82, 2.24) is 10.9 Å². The van der Waals surface area contributed by atoms with Gasteiger partial charge in [-0.3, -0.25) is 20.4 Å². The summed E-state index contributed by atoms with van der Waals surface area (Å²) in [5.41, 5.74) is 5.08. The fraction of sp³-hybridized carbons (Fsp3) is 0.846. The number of carbonyl (C=O) groups excluding carboxylic acids is 2. The van der Waals surface area contributed by atoms with Gasteiger partial charge in [-0.05, 0) is 49.9 Å². The van der Waals surface area contributed by atoms with Crippen LogP contribution in [0.1, 0.15) is 44.9 Å². The zero-order chi connectivity index (χ0) is 11.8. The minimum atomic E-state index is -0.0220. The van der Waals surface area contributed by atoms with Crippen molar-refractivity contribution < 1.29 is 9.59 Å². The van der Waals surface area contributed by atoms with Crippen LogP contribution in [0.2, 0.25) is 0 Å². The van der Waals surface area contributed by atoms with Crippen LogP contribution >= 0.6 is 0 Å². The summed E-state index contributed by atoms with van der Waals surface area (Å²) in [5, 5.41) is 0. The van der Waals surface area contributed by atoms with Crippen molar-refractivity contribution in [3.63, 3.8) is 0 Å². The van der Waals surface area contributed by atoms with Crippen molar-refractivity contribution in [3.05, 3.63) is 0 Å². The molecule has 2 N–H and O–H groups in total. The first-order valence-corrected chi connectivity index (χ1v) is 6.81. The maximum absolute atomic E-state index is 11.7. The molecule has 17 heavy (non-hydrogen) atoms. The molecule has 3 atom stereocenters. The van der Waals surface area contributed by atoms with E-state index in [-0.39, 0.29) is 17.7 Å². The zero-order valence-electron chi connectivity index (χ0n) is 10.1. The molecule has 0 aromatic heterocycles. The highest BCUT2D eigenvalue weighted by Crippen LogP contribution is 2.49. The van der Waals surface area contributed by atoms with E-state index in [1.807, 2.05) is 0 Å². The van der Waals surface area contributed by atoms with E-state index >= 15 is 0 Å². The first-order valence-electron chi connectivity index (χ1n) is 6.81. The minimum absolute atomic E-state index is 0.0171. The zero-order valence-corrected chi connectivity index (χ0v) is 10.1. The van der Waals surface area contributed by atoms with Gasteiger partial charge >= 0.3 is 0 Å². The Morgan fingerprint density at radius 1 is 1.00 bits per heavy atom. The van der Waals surface area contributed by atoms with E-state index in [9.17, 15) is 9.59 Å². The van der Waals surface area contributed by atoms with Gasteiger partial charge in [-0.25, -0.2) is 0 Å². The van der Waals surface area contributed by atoms with E-state index in [0.717, 1.165) is 24.7 Å². The average molecular weight is 236 g/mol. The van der Waals surface area contributed by atoms with Gasteiger partial charge in [-0.2, -0.15) is 0 Å². The molecule has 0 aromatic carbocycles. The van der Waals surface area contributed by atoms with Crippen LogP contribution in [0, 0.1) is 23.7 Å². The Kier molecular flexibility index (Phi) is 2.81. The second-order valence-electron chi connectivity index (χ2n) is 5.95. The Labute approximate surface area is 101 Å². The summed E-state index contributed by atoms with van der Waals surface area (Å²) in [6.45, 7) is 0.